The van der Waals surface area contributed by atoms with Gasteiger partial charge in [0.1, 0.15) is 0 Å². The normalized spacial score (nSPS) is 22.1. The number of ether oxygens (including phenoxy) is 2. The molecular weight excluding hydrogens is 434 g/mol. The van der Waals surface area contributed by atoms with E-state index in [9.17, 15) is 14.7 Å². The zero-order chi connectivity index (χ0) is 23.9. The van der Waals surface area contributed by atoms with Crippen LogP contribution in [0.5, 0.6) is 11.5 Å². The van der Waals surface area contributed by atoms with Crippen LogP contribution in [0.15, 0.2) is 24.3 Å². The van der Waals surface area contributed by atoms with Crippen molar-refractivity contribution >= 4 is 17.9 Å². The second-order valence-electron chi connectivity index (χ2n) is 9.60. The summed E-state index contributed by atoms with van der Waals surface area (Å²) < 4.78 is 11.4. The molecule has 1 aliphatic carbocycles. The van der Waals surface area contributed by atoms with Gasteiger partial charge in [-0.2, -0.15) is 0 Å². The fraction of sp³-hybridized carbons (Fsp3) is 0.615. The summed E-state index contributed by atoms with van der Waals surface area (Å²) in [5.74, 6) is 1.57. The number of hydrogen-bond donors (Lipinski definition) is 1. The van der Waals surface area contributed by atoms with Crippen molar-refractivity contribution in [3.8, 4) is 11.5 Å². The Bertz CT molecular complexity index is 885. The number of carbonyl (C=O) groups excluding carboxylic acids is 2. The van der Waals surface area contributed by atoms with Crippen LogP contribution >= 0.6 is 0 Å². The molecule has 0 unspecified atom stereocenters. The van der Waals surface area contributed by atoms with E-state index in [2.05, 4.69) is 4.90 Å². The number of nitrogens with zero attached hydrogens (tertiary/aromatic N) is 3. The highest BCUT2D eigenvalue weighted by Gasteiger charge is 2.30. The summed E-state index contributed by atoms with van der Waals surface area (Å²) in [7, 11) is 1.53. The SMILES string of the molecule is COc1cc(/C=C/CN2CC(=O)N(CCCN3CCCC3=O)C[C@H](OCC3CC3)C2)ccc1O. The predicted molar refractivity (Wildman–Crippen MR) is 130 cm³/mol. The van der Waals surface area contributed by atoms with Gasteiger partial charge in [0.15, 0.2) is 11.5 Å². The zero-order valence-electron chi connectivity index (χ0n) is 20.2. The van der Waals surface area contributed by atoms with Gasteiger partial charge in [-0.1, -0.05) is 18.2 Å². The summed E-state index contributed by atoms with van der Waals surface area (Å²) in [5, 5.41) is 9.78. The Labute approximate surface area is 202 Å². The third-order valence-corrected chi connectivity index (χ3v) is 6.77. The summed E-state index contributed by atoms with van der Waals surface area (Å²) in [5.41, 5.74) is 0.926. The van der Waals surface area contributed by atoms with Crippen LogP contribution in [0.25, 0.3) is 6.08 Å². The van der Waals surface area contributed by atoms with Gasteiger partial charge < -0.3 is 24.4 Å². The van der Waals surface area contributed by atoms with E-state index in [0.29, 0.717) is 50.8 Å². The van der Waals surface area contributed by atoms with Crippen LogP contribution in [0.4, 0.5) is 0 Å². The topological polar surface area (TPSA) is 82.6 Å². The second kappa shape index (κ2) is 11.7. The lowest BCUT2D eigenvalue weighted by Gasteiger charge is -2.25. The van der Waals surface area contributed by atoms with Crippen molar-refractivity contribution in [3.05, 3.63) is 29.8 Å². The van der Waals surface area contributed by atoms with Crippen LogP contribution in [-0.2, 0) is 14.3 Å². The van der Waals surface area contributed by atoms with Gasteiger partial charge in [0.25, 0.3) is 0 Å². The molecule has 0 aromatic heterocycles. The van der Waals surface area contributed by atoms with Crippen molar-refractivity contribution in [3.63, 3.8) is 0 Å². The minimum absolute atomic E-state index is 0.0114. The fourth-order valence-electron chi connectivity index (χ4n) is 4.59. The third-order valence-electron chi connectivity index (χ3n) is 6.77. The first-order valence-electron chi connectivity index (χ1n) is 12.4. The molecule has 1 N–H and O–H groups in total. The summed E-state index contributed by atoms with van der Waals surface area (Å²) in [6.07, 6.45) is 8.87. The molecule has 186 valence electrons. The van der Waals surface area contributed by atoms with Gasteiger partial charge in [0, 0.05) is 52.3 Å². The Hall–Kier alpha value is -2.58. The Morgan fingerprint density at radius 1 is 1.12 bits per heavy atom. The molecule has 0 bridgehead atoms. The van der Waals surface area contributed by atoms with E-state index >= 15 is 0 Å². The fourth-order valence-corrected chi connectivity index (χ4v) is 4.59. The molecular formula is C26H37N3O5. The monoisotopic (exact) mass is 471 g/mol. The number of amides is 2. The Morgan fingerprint density at radius 2 is 1.94 bits per heavy atom. The van der Waals surface area contributed by atoms with Crippen LogP contribution in [0, 0.1) is 5.92 Å². The molecule has 1 saturated carbocycles. The standard InChI is InChI=1S/C26H37N3O5/c1-33-24-15-20(9-10-23(24)30)5-2-11-27-16-22(34-19-21-7-8-21)17-29(26(32)18-27)14-4-13-28-12-3-6-25(28)31/h2,5,9-10,15,21-22,30H,3-4,6-8,11-14,16-19H2,1H3/b5-2+/t22-/m1/s1. The quantitative estimate of drug-likeness (QED) is 0.534. The average Bonchev–Trinajstić information content (AvgIpc) is 3.59. The van der Waals surface area contributed by atoms with E-state index in [1.165, 1.54) is 20.0 Å². The van der Waals surface area contributed by atoms with Crippen molar-refractivity contribution in [1.82, 2.24) is 14.7 Å². The second-order valence-corrected chi connectivity index (χ2v) is 9.60. The molecule has 4 rings (SSSR count). The van der Waals surface area contributed by atoms with E-state index in [-0.39, 0.29) is 23.7 Å². The molecule has 8 heteroatoms. The first kappa shape index (κ1) is 24.5. The lowest BCUT2D eigenvalue weighted by atomic mass is 10.2. The van der Waals surface area contributed by atoms with Gasteiger partial charge in [-0.05, 0) is 49.3 Å². The van der Waals surface area contributed by atoms with Crippen LogP contribution in [-0.4, -0.2) is 97.3 Å². The maximum absolute atomic E-state index is 13.0. The van der Waals surface area contributed by atoms with Gasteiger partial charge >= 0.3 is 0 Å². The average molecular weight is 472 g/mol. The molecule has 1 aromatic rings. The van der Waals surface area contributed by atoms with E-state index in [1.807, 2.05) is 28.0 Å². The summed E-state index contributed by atoms with van der Waals surface area (Å²) in [6, 6.07) is 5.23. The van der Waals surface area contributed by atoms with Gasteiger partial charge in [-0.3, -0.25) is 14.5 Å². The molecule has 3 aliphatic rings. The molecule has 0 radical (unpaired) electrons. The molecule has 2 saturated heterocycles. The van der Waals surface area contributed by atoms with Crippen LogP contribution in [0.2, 0.25) is 0 Å². The maximum atomic E-state index is 13.0. The van der Waals surface area contributed by atoms with Crippen molar-refractivity contribution in [2.75, 3.05) is 59.5 Å². The van der Waals surface area contributed by atoms with Crippen LogP contribution in [0.3, 0.4) is 0 Å². The largest absolute Gasteiger partial charge is 0.504 e. The van der Waals surface area contributed by atoms with Gasteiger partial charge in [-0.15, -0.1) is 0 Å². The van der Waals surface area contributed by atoms with Gasteiger partial charge in [-0.25, -0.2) is 0 Å². The predicted octanol–water partition coefficient (Wildman–Crippen LogP) is 2.37. The highest BCUT2D eigenvalue weighted by molar-refractivity contribution is 5.79. The molecule has 1 atom stereocenters. The third kappa shape index (κ3) is 6.96. The van der Waals surface area contributed by atoms with Crippen LogP contribution < -0.4 is 4.74 Å². The molecule has 3 fully saturated rings. The number of rotatable bonds is 11. The van der Waals surface area contributed by atoms with E-state index < -0.39 is 0 Å². The van der Waals surface area contributed by atoms with Crippen molar-refractivity contribution in [2.24, 2.45) is 5.92 Å². The van der Waals surface area contributed by atoms with Crippen molar-refractivity contribution in [2.45, 2.75) is 38.2 Å². The van der Waals surface area contributed by atoms with Crippen LogP contribution in [0.1, 0.15) is 37.7 Å². The van der Waals surface area contributed by atoms with Crippen molar-refractivity contribution in [1.29, 1.82) is 0 Å². The summed E-state index contributed by atoms with van der Waals surface area (Å²) in [4.78, 5) is 30.9. The summed E-state index contributed by atoms with van der Waals surface area (Å²) in [6.45, 7) is 5.29. The number of aromatic hydroxyl groups is 1. The summed E-state index contributed by atoms with van der Waals surface area (Å²) >= 11 is 0. The smallest absolute Gasteiger partial charge is 0.236 e. The number of phenolic OH excluding ortho intramolecular Hbond substituents is 1. The Balaban J connectivity index is 1.33. The van der Waals surface area contributed by atoms with Gasteiger partial charge in [0.05, 0.1) is 19.8 Å². The number of phenols is 1. The zero-order valence-corrected chi connectivity index (χ0v) is 20.2. The molecule has 8 nitrogen and oxygen atoms in total. The number of likely N-dealkylation sites (tertiary alicyclic amines) is 1. The number of benzene rings is 1. The molecule has 1 aromatic carbocycles. The molecule has 2 aliphatic heterocycles. The van der Waals surface area contributed by atoms with Crippen molar-refractivity contribution < 1.29 is 24.2 Å². The maximum Gasteiger partial charge on any atom is 0.236 e. The molecule has 34 heavy (non-hydrogen) atoms. The van der Waals surface area contributed by atoms with Gasteiger partial charge in [0.2, 0.25) is 11.8 Å². The lowest BCUT2D eigenvalue weighted by Crippen LogP contribution is -2.40. The first-order chi connectivity index (χ1) is 16.5. The minimum atomic E-state index is -0.0114. The van der Waals surface area contributed by atoms with E-state index in [1.54, 1.807) is 12.1 Å². The highest BCUT2D eigenvalue weighted by atomic mass is 16.5. The Morgan fingerprint density at radius 3 is 2.68 bits per heavy atom. The number of carbonyl (C=O) groups is 2. The molecule has 2 amide bonds. The minimum Gasteiger partial charge on any atom is -0.504 e. The first-order valence-corrected chi connectivity index (χ1v) is 12.4. The number of methoxy groups -OCH3 is 1. The highest BCUT2D eigenvalue weighted by Crippen LogP contribution is 2.29. The van der Waals surface area contributed by atoms with E-state index in [0.717, 1.165) is 38.1 Å². The number of hydrogen-bond acceptors (Lipinski definition) is 6. The lowest BCUT2D eigenvalue weighted by molar-refractivity contribution is -0.131. The van der Waals surface area contributed by atoms with E-state index in [4.69, 9.17) is 9.47 Å². The Kier molecular flexibility index (Phi) is 8.45. The molecule has 0 spiro atoms. The molecule has 2 heterocycles.